The van der Waals surface area contributed by atoms with Crippen LogP contribution in [-0.4, -0.2) is 31.8 Å². The third-order valence-electron chi connectivity index (χ3n) is 4.63. The van der Waals surface area contributed by atoms with Gasteiger partial charge in [0.25, 0.3) is 0 Å². The van der Waals surface area contributed by atoms with Gasteiger partial charge in [-0.2, -0.15) is 0 Å². The molecule has 3 aromatic heterocycles. The fourth-order valence-electron chi connectivity index (χ4n) is 3.27. The van der Waals surface area contributed by atoms with Crippen LogP contribution in [0.4, 0.5) is 0 Å². The molecule has 0 aromatic carbocycles. The maximum absolute atomic E-state index is 9.98. The Kier molecular flexibility index (Phi) is 5.98. The molecule has 0 atom stereocenters. The van der Waals surface area contributed by atoms with E-state index in [-0.39, 0.29) is 17.1 Å². The number of H-pyrrole nitrogens is 2. The molecule has 158 valence electrons. The number of amides is 2. The van der Waals surface area contributed by atoms with Crippen LogP contribution < -0.4 is 0 Å². The fourth-order valence-corrected chi connectivity index (χ4v) is 3.27. The van der Waals surface area contributed by atoms with Gasteiger partial charge >= 0.3 is 0 Å². The largest absolute Gasteiger partial charge is 0.589 e. The van der Waals surface area contributed by atoms with Crippen LogP contribution in [0.2, 0.25) is 0 Å². The number of imide groups is 1. The third-order valence-corrected chi connectivity index (χ3v) is 4.63. The van der Waals surface area contributed by atoms with Gasteiger partial charge in [0.05, 0.1) is 34.6 Å². The van der Waals surface area contributed by atoms with Gasteiger partial charge in [-0.1, -0.05) is 0 Å². The van der Waals surface area contributed by atoms with Gasteiger partial charge in [0.15, 0.2) is 0 Å². The van der Waals surface area contributed by atoms with Crippen LogP contribution in [0.15, 0.2) is 60.7 Å². The number of hydrogen-bond acceptors (Lipinski definition) is 4. The molecule has 8 bridgehead atoms. The Balaban J connectivity index is 0.000000265. The number of aromatic nitrogens is 4. The van der Waals surface area contributed by atoms with Crippen molar-refractivity contribution in [2.75, 3.05) is 0 Å². The van der Waals surface area contributed by atoms with E-state index >= 15 is 0 Å². The molecule has 6 heterocycles. The molecule has 0 fully saturated rings. The van der Waals surface area contributed by atoms with Crippen LogP contribution in [0.25, 0.3) is 51.7 Å². The molecule has 3 aliphatic rings. The first-order valence-corrected chi connectivity index (χ1v) is 9.61. The molecule has 0 aliphatic carbocycles. The van der Waals surface area contributed by atoms with Crippen molar-refractivity contribution in [1.29, 1.82) is 0 Å². The summed E-state index contributed by atoms with van der Waals surface area (Å²) in [4.78, 5) is 36.0. The molecule has 8 heteroatoms. The monoisotopic (exact) mass is 462 g/mol. The van der Waals surface area contributed by atoms with Gasteiger partial charge in [-0.25, -0.2) is 9.97 Å². The van der Waals surface area contributed by atoms with Crippen molar-refractivity contribution in [3.05, 3.63) is 88.8 Å². The number of fused-ring (bicyclic) bond motifs is 8. The van der Waals surface area contributed by atoms with E-state index in [2.05, 4.69) is 55.6 Å². The summed E-state index contributed by atoms with van der Waals surface area (Å²) in [6, 6.07) is 16.4. The van der Waals surface area contributed by atoms with Crippen LogP contribution in [0.5, 0.6) is 0 Å². The number of hydrogen-bond donors (Lipinski definition) is 2. The maximum atomic E-state index is 9.98. The normalized spacial score (nSPS) is 13.4. The van der Waals surface area contributed by atoms with Crippen LogP contribution in [0.3, 0.4) is 0 Å². The summed E-state index contributed by atoms with van der Waals surface area (Å²) in [6.45, 7) is 0. The molecule has 0 unspecified atom stereocenters. The van der Waals surface area contributed by atoms with Crippen molar-refractivity contribution in [3.63, 3.8) is 0 Å². The van der Waals surface area contributed by atoms with E-state index in [4.69, 9.17) is 0 Å². The first-order chi connectivity index (χ1) is 15.1. The van der Waals surface area contributed by atoms with Crippen molar-refractivity contribution >= 4 is 58.2 Å². The predicted molar refractivity (Wildman–Crippen MR) is 121 cm³/mol. The number of carbonyl (C=O) groups is 2. The van der Waals surface area contributed by atoms with Gasteiger partial charge in [0.2, 0.25) is 0 Å². The maximum Gasteiger partial charge on any atom is 0.0803 e. The SMILES string of the molecule is C1=Cc2cc3ccc(cc4ccc(cc5nc(cc1n2)C=C5)[nH]4)[nH]3.O=C1C=CC(=O)[N-]1.[Fe]. The summed E-state index contributed by atoms with van der Waals surface area (Å²) < 4.78 is 0. The summed E-state index contributed by atoms with van der Waals surface area (Å²) in [5.41, 5.74) is 7.86. The van der Waals surface area contributed by atoms with Crippen LogP contribution >= 0.6 is 0 Å². The van der Waals surface area contributed by atoms with Crippen molar-refractivity contribution < 1.29 is 26.7 Å². The molecule has 3 aromatic rings. The van der Waals surface area contributed by atoms with Gasteiger partial charge < -0.3 is 24.9 Å². The average molecular weight is 462 g/mol. The molecule has 0 radical (unpaired) electrons. The fraction of sp³-hybridized carbons (Fsp3) is 0. The van der Waals surface area contributed by atoms with E-state index < -0.39 is 11.8 Å². The number of carbonyl (C=O) groups excluding carboxylic acids is 2. The van der Waals surface area contributed by atoms with Gasteiger partial charge in [-0.15, -0.1) is 0 Å². The second-order valence-corrected chi connectivity index (χ2v) is 7.03. The molecule has 0 spiro atoms. The Labute approximate surface area is 193 Å². The van der Waals surface area contributed by atoms with E-state index in [1.807, 2.05) is 42.5 Å². The standard InChI is InChI=1S/C20H14N4.C4H3NO2.Fe/c1-2-14-10-16-5-6-18(23-16)12-20-8-7-19(24-20)11-17-4-3-15(22-17)9-13(1)21-14;6-3-1-2-4(7)5-3;/h1-12,21-22H;1-2H,(H,5,6,7);/p-1. The minimum Gasteiger partial charge on any atom is -0.589 e. The minimum atomic E-state index is -0.454. The molecular formula is C24H16FeN5O2-. The molecule has 0 saturated heterocycles. The quantitative estimate of drug-likeness (QED) is 0.258. The van der Waals surface area contributed by atoms with Gasteiger partial charge in [0.1, 0.15) is 0 Å². The average Bonchev–Trinajstić information content (AvgIpc) is 3.54. The Bertz CT molecular complexity index is 1360. The van der Waals surface area contributed by atoms with E-state index in [0.717, 1.165) is 57.0 Å². The predicted octanol–water partition coefficient (Wildman–Crippen LogP) is 4.64. The first kappa shape index (κ1) is 21.2. The molecule has 32 heavy (non-hydrogen) atoms. The smallest absolute Gasteiger partial charge is 0.0803 e. The number of nitrogens with one attached hydrogen (secondary N) is 2. The Morgan fingerprint density at radius 3 is 1.28 bits per heavy atom. The molecular weight excluding hydrogens is 446 g/mol. The van der Waals surface area contributed by atoms with E-state index in [1.54, 1.807) is 0 Å². The molecule has 6 rings (SSSR count). The summed E-state index contributed by atoms with van der Waals surface area (Å²) in [5, 5.41) is 3.00. The molecule has 3 aliphatic heterocycles. The molecule has 0 saturated carbocycles. The van der Waals surface area contributed by atoms with E-state index in [9.17, 15) is 9.59 Å². The topological polar surface area (TPSA) is 106 Å². The second kappa shape index (κ2) is 9.01. The number of aromatic amines is 2. The van der Waals surface area contributed by atoms with Crippen molar-refractivity contribution in [2.45, 2.75) is 0 Å². The Morgan fingerprint density at radius 1 is 0.531 bits per heavy atom. The third kappa shape index (κ3) is 5.00. The van der Waals surface area contributed by atoms with Crippen LogP contribution in [-0.2, 0) is 26.7 Å². The summed E-state index contributed by atoms with van der Waals surface area (Å²) in [6.07, 6.45) is 10.3. The Morgan fingerprint density at radius 2 is 0.906 bits per heavy atom. The van der Waals surface area contributed by atoms with Crippen molar-refractivity contribution in [2.24, 2.45) is 0 Å². The summed E-state index contributed by atoms with van der Waals surface area (Å²) >= 11 is 0. The van der Waals surface area contributed by atoms with Gasteiger partial charge in [-0.05, 0) is 85.0 Å². The zero-order valence-electron chi connectivity index (χ0n) is 16.6. The van der Waals surface area contributed by atoms with Crippen molar-refractivity contribution in [1.82, 2.24) is 19.9 Å². The molecule has 2 N–H and O–H groups in total. The van der Waals surface area contributed by atoms with E-state index in [1.165, 1.54) is 0 Å². The van der Waals surface area contributed by atoms with Crippen LogP contribution in [0, 0.1) is 0 Å². The van der Waals surface area contributed by atoms with Gasteiger partial charge in [-0.3, -0.25) is 0 Å². The van der Waals surface area contributed by atoms with Crippen LogP contribution in [0.1, 0.15) is 22.8 Å². The zero-order valence-corrected chi connectivity index (χ0v) is 17.7. The van der Waals surface area contributed by atoms with Gasteiger partial charge in [0, 0.05) is 39.1 Å². The molecule has 7 nitrogen and oxygen atoms in total. The first-order valence-electron chi connectivity index (χ1n) is 9.61. The minimum absolute atomic E-state index is 0. The number of nitrogens with zero attached hydrogens (tertiary/aromatic N) is 3. The number of rotatable bonds is 0. The summed E-state index contributed by atoms with van der Waals surface area (Å²) in [7, 11) is 0. The second-order valence-electron chi connectivity index (χ2n) is 7.03. The summed E-state index contributed by atoms with van der Waals surface area (Å²) in [5.74, 6) is -0.907. The zero-order chi connectivity index (χ0) is 21.2. The van der Waals surface area contributed by atoms with Crippen molar-refractivity contribution in [3.8, 4) is 0 Å². The molecule has 2 amide bonds. The van der Waals surface area contributed by atoms with E-state index in [0.29, 0.717) is 0 Å². The Hall–Kier alpha value is -4.00.